The highest BCUT2D eigenvalue weighted by atomic mass is 32.1. The lowest BCUT2D eigenvalue weighted by molar-refractivity contribution is -0.151. The quantitative estimate of drug-likeness (QED) is 0.0302. The summed E-state index contributed by atoms with van der Waals surface area (Å²) in [6.45, 7) is 9.10. The van der Waals surface area contributed by atoms with E-state index in [9.17, 15) is 33.6 Å². The molecule has 0 spiro atoms. The van der Waals surface area contributed by atoms with Crippen molar-refractivity contribution in [2.45, 2.75) is 143 Å². The summed E-state index contributed by atoms with van der Waals surface area (Å²) in [5.74, 6) is -5.04. The number of thiophene rings is 1. The Morgan fingerprint density at radius 1 is 0.800 bits per heavy atom. The number of likely N-dealkylation sites (tertiary alicyclic amines) is 1. The highest BCUT2D eigenvalue weighted by Gasteiger charge is 2.42. The molecule has 3 unspecified atom stereocenters. The van der Waals surface area contributed by atoms with Crippen molar-refractivity contribution in [3.63, 3.8) is 0 Å². The smallest absolute Gasteiger partial charge is 0.306 e. The number of nitrogens with zero attached hydrogens (tertiary/aromatic N) is 2. The molecule has 1 saturated heterocycles. The first-order chi connectivity index (χ1) is 33.6. The summed E-state index contributed by atoms with van der Waals surface area (Å²) in [6.07, 6.45) is 4.55. The molecule has 70 heavy (non-hydrogen) atoms. The van der Waals surface area contributed by atoms with Crippen LogP contribution in [0.1, 0.15) is 139 Å². The number of Topliss-reactive ketones (excluding diaryl/α,β-unsaturated/α-hetero) is 1. The van der Waals surface area contributed by atoms with E-state index in [1.165, 1.54) is 25.2 Å². The van der Waals surface area contributed by atoms with Crippen molar-refractivity contribution in [3.8, 4) is 23.0 Å². The summed E-state index contributed by atoms with van der Waals surface area (Å²) in [5.41, 5.74) is 0.841. The lowest BCUT2D eigenvalue weighted by Gasteiger charge is -2.21. The molecule has 3 aromatic rings. The molecule has 2 aromatic carbocycles. The second-order valence-electron chi connectivity index (χ2n) is 17.7. The minimum atomic E-state index is -0.771. The van der Waals surface area contributed by atoms with Gasteiger partial charge in [-0.3, -0.25) is 38.5 Å². The van der Waals surface area contributed by atoms with Gasteiger partial charge in [0, 0.05) is 60.5 Å². The Morgan fingerprint density at radius 2 is 1.47 bits per heavy atom. The predicted octanol–water partition coefficient (Wildman–Crippen LogP) is 8.39. The van der Waals surface area contributed by atoms with E-state index in [4.69, 9.17) is 28.4 Å². The Labute approximate surface area is 412 Å². The molecule has 1 N–H and O–H groups in total. The van der Waals surface area contributed by atoms with E-state index in [1.54, 1.807) is 19.1 Å². The van der Waals surface area contributed by atoms with E-state index in [-0.39, 0.29) is 140 Å². The van der Waals surface area contributed by atoms with Crippen molar-refractivity contribution in [1.29, 1.82) is 0 Å². The number of hydrogen-bond acceptors (Lipinski definition) is 14. The van der Waals surface area contributed by atoms with Crippen LogP contribution in [0.15, 0.2) is 18.2 Å². The molecule has 0 radical (unpaired) electrons. The number of ketones is 1. The van der Waals surface area contributed by atoms with Gasteiger partial charge in [0.05, 0.1) is 57.6 Å². The van der Waals surface area contributed by atoms with Crippen LogP contribution in [0.3, 0.4) is 0 Å². The number of esters is 2. The number of methoxy groups -OCH3 is 2. The summed E-state index contributed by atoms with van der Waals surface area (Å²) < 4.78 is 65.5. The molecule has 19 heteroatoms. The summed E-state index contributed by atoms with van der Waals surface area (Å²) in [6, 6.07) is 4.54. The van der Waals surface area contributed by atoms with Crippen LogP contribution in [-0.4, -0.2) is 104 Å². The Kier molecular flexibility index (Phi) is 20.8. The summed E-state index contributed by atoms with van der Waals surface area (Å²) in [5, 5.41) is 2.71. The number of halogens is 2. The molecule has 0 aliphatic carbocycles. The zero-order valence-corrected chi connectivity index (χ0v) is 42.2. The van der Waals surface area contributed by atoms with Crippen LogP contribution in [0.2, 0.25) is 0 Å². The van der Waals surface area contributed by atoms with Gasteiger partial charge in [-0.05, 0) is 49.8 Å². The van der Waals surface area contributed by atoms with Crippen molar-refractivity contribution in [1.82, 2.24) is 15.1 Å². The summed E-state index contributed by atoms with van der Waals surface area (Å²) >= 11 is 1.02. The molecule has 1 aromatic heterocycles. The number of ether oxygens (including phenoxy) is 6. The first kappa shape index (κ1) is 55.1. The third-order valence-electron chi connectivity index (χ3n) is 12.6. The number of unbranched alkanes of at least 4 members (excludes halogenated alkanes) is 1. The van der Waals surface area contributed by atoms with Gasteiger partial charge in [-0.25, -0.2) is 8.78 Å². The van der Waals surface area contributed by atoms with Gasteiger partial charge in [0.1, 0.15) is 18.8 Å². The largest absolute Gasteiger partial charge is 0.493 e. The van der Waals surface area contributed by atoms with E-state index in [0.29, 0.717) is 16.7 Å². The lowest BCUT2D eigenvalue weighted by Crippen LogP contribution is -2.43. The maximum Gasteiger partial charge on any atom is 0.306 e. The molecular weight excluding hydrogens is 933 g/mol. The number of carbonyl (C=O) groups excluding carboxylic acids is 7. The summed E-state index contributed by atoms with van der Waals surface area (Å²) in [7, 11) is 2.72. The molecule has 3 heterocycles. The topological polar surface area (TPSA) is 193 Å². The van der Waals surface area contributed by atoms with Gasteiger partial charge >= 0.3 is 11.9 Å². The molecule has 1 fully saturated rings. The second kappa shape index (κ2) is 26.4. The van der Waals surface area contributed by atoms with Gasteiger partial charge in [-0.2, -0.15) is 0 Å². The van der Waals surface area contributed by atoms with E-state index < -0.39 is 53.8 Å². The van der Waals surface area contributed by atoms with Crippen molar-refractivity contribution >= 4 is 62.8 Å². The van der Waals surface area contributed by atoms with Crippen LogP contribution in [0.5, 0.6) is 23.0 Å². The van der Waals surface area contributed by atoms with Gasteiger partial charge in [0.2, 0.25) is 23.6 Å². The molecule has 384 valence electrons. The number of hydrogen-bond donors (Lipinski definition) is 1. The third kappa shape index (κ3) is 14.2. The average Bonchev–Trinajstić information content (AvgIpc) is 4.06. The van der Waals surface area contributed by atoms with Crippen LogP contribution >= 0.6 is 11.3 Å². The molecular formula is C51H67F2N3O13S. The standard InChI is InChI=1S/C51H67F2N3O13S/c1-8-12-15-31(10-3)34-24-44(60)56(51(34)63)29-42(58)54-26-30(5)68-45(61)18-16-37(57)41-23-35-40(70-41)25-39(65-7)50(47(35)52)67-21-13-20-66-49-38(64-6)22-32-27-55(28-36(32)48(49)53)43(59)17-19-46(62)69-33(11-4)14-9-2/h22-23,25,30-31,33-34H,8-21,24,26-29H2,1-7H3,(H,54,58)/t30-,31?,33?,34?/m0/s1. The highest BCUT2D eigenvalue weighted by Crippen LogP contribution is 2.42. The minimum absolute atomic E-state index is 0.00591. The lowest BCUT2D eigenvalue weighted by atomic mass is 9.85. The van der Waals surface area contributed by atoms with Crippen LogP contribution in [-0.2, 0) is 51.3 Å². The van der Waals surface area contributed by atoms with Crippen molar-refractivity contribution < 1.29 is 70.8 Å². The second-order valence-corrected chi connectivity index (χ2v) is 18.8. The van der Waals surface area contributed by atoms with Crippen LogP contribution in [0.4, 0.5) is 8.78 Å². The van der Waals surface area contributed by atoms with Gasteiger partial charge in [0.25, 0.3) is 0 Å². The maximum atomic E-state index is 16.0. The first-order valence-electron chi connectivity index (χ1n) is 24.3. The highest BCUT2D eigenvalue weighted by molar-refractivity contribution is 7.20. The Bertz CT molecular complexity index is 2370. The maximum absolute atomic E-state index is 16.0. The van der Waals surface area contributed by atoms with Crippen molar-refractivity contribution in [3.05, 3.63) is 45.8 Å². The fourth-order valence-corrected chi connectivity index (χ4v) is 9.71. The zero-order chi connectivity index (χ0) is 51.1. The fourth-order valence-electron chi connectivity index (χ4n) is 8.65. The number of fused-ring (bicyclic) bond motifs is 2. The molecule has 4 atom stereocenters. The van der Waals surface area contributed by atoms with Gasteiger partial charge in [-0.15, -0.1) is 11.3 Å². The molecule has 16 nitrogen and oxygen atoms in total. The number of amides is 4. The zero-order valence-electron chi connectivity index (χ0n) is 41.3. The molecule has 0 saturated carbocycles. The normalized spacial score (nSPS) is 15.6. The minimum Gasteiger partial charge on any atom is -0.493 e. The molecule has 0 bridgehead atoms. The van der Waals surface area contributed by atoms with Gasteiger partial charge in [0.15, 0.2) is 40.4 Å². The number of carbonyl (C=O) groups is 7. The third-order valence-corrected chi connectivity index (χ3v) is 13.7. The Hall–Kier alpha value is -5.85. The van der Waals surface area contributed by atoms with Crippen molar-refractivity contribution in [2.75, 3.05) is 40.5 Å². The Balaban J connectivity index is 1.07. The van der Waals surface area contributed by atoms with Gasteiger partial charge in [-0.1, -0.05) is 53.4 Å². The number of imide groups is 1. The van der Waals surface area contributed by atoms with E-state index in [0.717, 1.165) is 54.8 Å². The van der Waals surface area contributed by atoms with Crippen LogP contribution in [0, 0.1) is 23.5 Å². The average molecular weight is 1000 g/mol. The van der Waals surface area contributed by atoms with Gasteiger partial charge < -0.3 is 38.6 Å². The van der Waals surface area contributed by atoms with E-state index in [1.807, 2.05) is 20.8 Å². The SMILES string of the molecule is CCCCC(CC)C1CC(=O)N(CC(=O)NC[C@H](C)OC(=O)CCC(=O)c2cc3c(F)c(OCCCOc4c(OC)cc5c(c4F)CN(C(=O)CCC(=O)OC(CC)CCC)C5)c(OC)cc3s2)C1=O. The Morgan fingerprint density at radius 3 is 2.13 bits per heavy atom. The van der Waals surface area contributed by atoms with Crippen LogP contribution in [0.25, 0.3) is 10.1 Å². The number of benzene rings is 2. The van der Waals surface area contributed by atoms with E-state index >= 15 is 8.78 Å². The van der Waals surface area contributed by atoms with Crippen LogP contribution < -0.4 is 24.3 Å². The van der Waals surface area contributed by atoms with E-state index in [2.05, 4.69) is 12.2 Å². The number of nitrogens with one attached hydrogen (secondary N) is 1. The first-order valence-corrected chi connectivity index (χ1v) is 25.1. The van der Waals surface area contributed by atoms with Crippen molar-refractivity contribution in [2.24, 2.45) is 11.8 Å². The molecule has 4 amide bonds. The summed E-state index contributed by atoms with van der Waals surface area (Å²) in [4.78, 5) is 92.2. The predicted molar refractivity (Wildman–Crippen MR) is 256 cm³/mol. The number of rotatable bonds is 29. The monoisotopic (exact) mass is 999 g/mol. The fraction of sp³-hybridized carbons (Fsp3) is 0.588. The molecule has 5 rings (SSSR count). The molecule has 2 aliphatic rings. The molecule has 2 aliphatic heterocycles.